The highest BCUT2D eigenvalue weighted by Gasteiger charge is 2.42. The topological polar surface area (TPSA) is 284 Å². The van der Waals surface area contributed by atoms with Gasteiger partial charge in [0.15, 0.2) is 69.1 Å². The lowest BCUT2D eigenvalue weighted by atomic mass is 9.95. The van der Waals surface area contributed by atoms with Crippen molar-refractivity contribution in [3.8, 4) is 85.3 Å². The third-order valence-corrected chi connectivity index (χ3v) is 25.2. The highest BCUT2D eigenvalue weighted by atomic mass is 35.5. The van der Waals surface area contributed by atoms with Gasteiger partial charge in [0.25, 0.3) is 0 Å². The van der Waals surface area contributed by atoms with Crippen LogP contribution < -0.4 is 60.2 Å². The minimum absolute atomic E-state index is 0.0409. The molecule has 0 N–H and O–H groups in total. The lowest BCUT2D eigenvalue weighted by molar-refractivity contribution is -0.128. The minimum Gasteiger partial charge on any atom is -0.488 e. The summed E-state index contributed by atoms with van der Waals surface area (Å²) >= 11 is 4.71. The summed E-state index contributed by atoms with van der Waals surface area (Å²) in [5, 5.41) is 0.204. The summed E-state index contributed by atoms with van der Waals surface area (Å²) in [6, 6.07) is 13.3. The maximum atomic E-state index is 16.2. The molecule has 6 atom stereocenters. The van der Waals surface area contributed by atoms with E-state index in [1.165, 1.54) is 31.9 Å². The fourth-order valence-corrected chi connectivity index (χ4v) is 18.0. The molecule has 0 radical (unpaired) electrons. The Morgan fingerprint density at radius 3 is 0.977 bits per heavy atom. The summed E-state index contributed by atoms with van der Waals surface area (Å²) in [6.07, 6.45) is 16.1. The Morgan fingerprint density at radius 2 is 0.674 bits per heavy atom. The first-order valence-corrected chi connectivity index (χ1v) is 44.1. The first-order chi connectivity index (χ1) is 63.6. The smallest absolute Gasteiger partial charge is 0.356 e. The van der Waals surface area contributed by atoms with Gasteiger partial charge in [-0.3, -0.25) is 24.5 Å². The summed E-state index contributed by atoms with van der Waals surface area (Å²) < 4.78 is 178. The number of rotatable bonds is 8. The Kier molecular flexibility index (Phi) is 24.5. The number of pyridine rings is 6. The Bertz CT molecular complexity index is 6640. The predicted molar refractivity (Wildman–Crippen MR) is 473 cm³/mol. The number of halogens is 10. The van der Waals surface area contributed by atoms with Crippen LogP contribution in [0.3, 0.4) is 0 Å². The van der Waals surface area contributed by atoms with Crippen LogP contribution in [0.15, 0.2) is 131 Å². The third kappa shape index (κ3) is 16.9. The van der Waals surface area contributed by atoms with E-state index in [4.69, 9.17) is 40.0 Å². The normalized spacial score (nSPS) is 19.6. The zero-order chi connectivity index (χ0) is 92.7. The van der Waals surface area contributed by atoms with Gasteiger partial charge in [0.2, 0.25) is 11.1 Å². The molecule has 6 bridgehead atoms. The van der Waals surface area contributed by atoms with Crippen LogP contribution in [0.2, 0.25) is 0 Å². The van der Waals surface area contributed by atoms with Crippen LogP contribution in [0.4, 0.5) is 57.0 Å². The number of hydrogen-bond donors (Lipinski definition) is 0. The fourth-order valence-electron chi connectivity index (χ4n) is 18.0. The van der Waals surface area contributed by atoms with E-state index < -0.39 is 126 Å². The number of carbonyl (C=O) groups excluding carboxylic acids is 2. The number of piperidine rings is 2. The molecule has 12 aromatic rings. The molecule has 6 fully saturated rings. The van der Waals surface area contributed by atoms with E-state index in [2.05, 4.69) is 71.9 Å². The van der Waals surface area contributed by atoms with Gasteiger partial charge >= 0.3 is 17.1 Å². The quantitative estimate of drug-likeness (QED) is 0.0776. The van der Waals surface area contributed by atoms with E-state index in [0.29, 0.717) is 94.5 Å². The molecule has 9 aromatic heterocycles. The van der Waals surface area contributed by atoms with Crippen LogP contribution in [0, 0.1) is 64.2 Å². The monoisotopic (exact) mass is 1830 g/mol. The van der Waals surface area contributed by atoms with Crippen molar-refractivity contribution in [2.24, 2.45) is 11.8 Å². The lowest BCUT2D eigenvalue weighted by Crippen LogP contribution is -2.58. The Balaban J connectivity index is 0.000000129. The Morgan fingerprint density at radius 1 is 0.371 bits per heavy atom. The number of fused-ring (bicyclic) bond motifs is 15. The van der Waals surface area contributed by atoms with Gasteiger partial charge in [0, 0.05) is 105 Å². The number of hydrogen-bond acceptors (Lipinski definition) is 23. The van der Waals surface area contributed by atoms with E-state index in [-0.39, 0.29) is 133 Å². The van der Waals surface area contributed by atoms with E-state index in [0.717, 1.165) is 113 Å². The molecule has 37 heteroatoms. The molecule has 3 saturated carbocycles. The highest BCUT2D eigenvalue weighted by Crippen LogP contribution is 2.51. The van der Waals surface area contributed by atoms with Gasteiger partial charge in [-0.1, -0.05) is 27.0 Å². The largest absolute Gasteiger partial charge is 0.488 e. The molecular weight excluding hydrogens is 1750 g/mol. The van der Waals surface area contributed by atoms with Crippen molar-refractivity contribution >= 4 is 73.3 Å². The minimum atomic E-state index is -0.964. The van der Waals surface area contributed by atoms with Crippen molar-refractivity contribution in [1.29, 1.82) is 0 Å². The zero-order valence-electron chi connectivity index (χ0n) is 72.5. The van der Waals surface area contributed by atoms with Crippen LogP contribution in [0.5, 0.6) is 34.5 Å². The maximum Gasteiger partial charge on any atom is 0.356 e. The highest BCUT2D eigenvalue weighted by molar-refractivity contribution is 6.66. The number of allylic oxidation sites excluding steroid dienone is 1. The van der Waals surface area contributed by atoms with Crippen LogP contribution in [0.1, 0.15) is 141 Å². The first kappa shape index (κ1) is 89.1. The van der Waals surface area contributed by atoms with Crippen LogP contribution in [-0.4, -0.2) is 165 Å². The van der Waals surface area contributed by atoms with Crippen LogP contribution >= 0.6 is 11.6 Å². The first-order valence-electron chi connectivity index (χ1n) is 43.7. The summed E-state index contributed by atoms with van der Waals surface area (Å²) in [7, 11) is 0. The standard InChI is InChI=1S/C32H29F3N6O4.2C30H28F3N5O3.C3H3ClO/c1-4-24(42)39-14-17(3)40(15-16(39)2)30-19-13-22(35)27-25-20(33)7-8-21(34)29(25)45-12-11-44-23-9-10-36-26(18-5-6-18)28(23)41(31(19)37-27)32(43)38-30;2*1-15-3-4-16(2)37(14-15)28-18-13-21(33)25-23-19(31)7-8-20(32)27(23)41-12-11-40-22-9-10-34-24(17-5-6-17)26(22)38(29(18)35-25)30(39)36-28;1-2-3(4)5/h4,7-10,13,16-18H,1,5-6,11-12,14-15H2,2-3H3;2*7-10,13,15-17H,3-6,11-12,14H2,1-2H3;2H,1H2/t16-,17+;2*15-,16-;/m100./s1. The number of benzene rings is 3. The number of piperazine rings is 1. The molecule has 9 aliphatic rings. The van der Waals surface area contributed by atoms with E-state index >= 15 is 30.7 Å². The molecule has 684 valence electrons. The molecule has 3 saturated heterocycles. The van der Waals surface area contributed by atoms with Crippen molar-refractivity contribution in [2.45, 2.75) is 148 Å². The molecule has 3 aromatic carbocycles. The van der Waals surface area contributed by atoms with Crippen molar-refractivity contribution in [3.05, 3.63) is 218 Å². The predicted octanol–water partition coefficient (Wildman–Crippen LogP) is 16.5. The van der Waals surface area contributed by atoms with Gasteiger partial charge in [-0.2, -0.15) is 15.0 Å². The van der Waals surface area contributed by atoms with Crippen LogP contribution in [0.25, 0.3) is 83.9 Å². The van der Waals surface area contributed by atoms with E-state index in [9.17, 15) is 32.8 Å². The number of ether oxygens (including phenoxy) is 6. The summed E-state index contributed by atoms with van der Waals surface area (Å²) in [6.45, 7) is 19.8. The van der Waals surface area contributed by atoms with Gasteiger partial charge in [-0.15, -0.1) is 0 Å². The SMILES string of the molecule is C=CC(=O)Cl.C=CC(=O)N1C[C@H](C)N(c2nc(=O)n3c4nc(c(F)cc24)-c2c(F)ccc(F)c2OCCOc2ccnc(C4CC4)c2-3)C[C@H]1C.C[C@H]1CC[C@H](C)N(c2nc(=O)n3c4nc(c(F)cc24)-c2c(F)ccc(F)c2OCCOc2ccnc(C4CC4)c2-3)C1.C[C@H]1CC[C@H](C)N(c2nc(=O)n3c4nc(c(F)cc24)-c2c(F)ccc(F)c2OCCOc2ccnc(C4CC4)c2-3)C1. The van der Waals surface area contributed by atoms with Gasteiger partial charge in [0.05, 0.1) is 49.9 Å². The number of carbonyl (C=O) groups is 2. The number of amides is 1. The number of nitrogens with zero attached hydrogens (tertiary/aromatic N) is 16. The van der Waals surface area contributed by atoms with E-state index in [1.54, 1.807) is 41.7 Å². The third-order valence-electron chi connectivity index (χ3n) is 25.0. The molecule has 21 rings (SSSR count). The molecule has 6 aliphatic heterocycles. The summed E-state index contributed by atoms with van der Waals surface area (Å²) in [4.78, 5) is 113. The molecule has 27 nitrogen and oxygen atoms in total. The molecule has 0 spiro atoms. The van der Waals surface area contributed by atoms with Gasteiger partial charge in [0.1, 0.15) is 126 Å². The number of aromatic nitrogens is 12. The second-order valence-electron chi connectivity index (χ2n) is 34.4. The molecule has 3 aliphatic carbocycles. The molecule has 132 heavy (non-hydrogen) atoms. The Labute approximate surface area is 753 Å². The van der Waals surface area contributed by atoms with Crippen molar-refractivity contribution in [1.82, 2.24) is 63.5 Å². The van der Waals surface area contributed by atoms with Gasteiger partial charge in [-0.05, 0) is 182 Å². The number of anilines is 3. The molecule has 1 amide bonds. The average Bonchev–Trinajstić information content (AvgIpc) is 1.33. The molecule has 15 heterocycles. The van der Waals surface area contributed by atoms with Crippen LogP contribution in [-0.2, 0) is 9.59 Å². The summed E-state index contributed by atoms with van der Waals surface area (Å²) in [5.74, 6) is -7.19. The van der Waals surface area contributed by atoms with Crippen molar-refractivity contribution in [3.63, 3.8) is 0 Å². The fraction of sp³-hybridized carbons (Fsp3) is 0.368. The lowest BCUT2D eigenvalue weighted by Gasteiger charge is -2.44. The molecular formula is C95H88ClF9N16O11. The summed E-state index contributed by atoms with van der Waals surface area (Å²) in [5.41, 5.74) is -1.92. The Hall–Kier alpha value is -13.5. The molecule has 0 unspecified atom stereocenters. The van der Waals surface area contributed by atoms with Crippen molar-refractivity contribution < 1.29 is 77.5 Å². The van der Waals surface area contributed by atoms with Crippen molar-refractivity contribution in [2.75, 3.05) is 80.5 Å². The zero-order valence-corrected chi connectivity index (χ0v) is 73.2. The second kappa shape index (κ2) is 36.3. The average molecular weight is 1840 g/mol. The second-order valence-corrected chi connectivity index (χ2v) is 34.8. The maximum absolute atomic E-state index is 16.2. The van der Waals surface area contributed by atoms with E-state index in [1.807, 2.05) is 42.4 Å². The van der Waals surface area contributed by atoms with Gasteiger partial charge < -0.3 is 48.0 Å². The van der Waals surface area contributed by atoms with Gasteiger partial charge in [-0.25, -0.2) is 82.6 Å².